The highest BCUT2D eigenvalue weighted by atomic mass is 16.5. The van der Waals surface area contributed by atoms with Gasteiger partial charge in [0.2, 0.25) is 0 Å². The molecule has 3 heteroatoms. The molecule has 1 aliphatic heterocycles. The van der Waals surface area contributed by atoms with E-state index < -0.39 is 0 Å². The van der Waals surface area contributed by atoms with Crippen LogP contribution in [0.3, 0.4) is 0 Å². The molecular weight excluding hydrogens is 260 g/mol. The van der Waals surface area contributed by atoms with Gasteiger partial charge in [-0.3, -0.25) is 4.90 Å². The van der Waals surface area contributed by atoms with E-state index in [4.69, 9.17) is 4.74 Å². The van der Waals surface area contributed by atoms with Gasteiger partial charge in [-0.05, 0) is 24.8 Å². The van der Waals surface area contributed by atoms with Crippen LogP contribution < -0.4 is 5.32 Å². The number of nitrogens with one attached hydrogen (secondary N) is 1. The normalized spacial score (nSPS) is 23.6. The fourth-order valence-corrected chi connectivity index (χ4v) is 3.19. The third kappa shape index (κ3) is 5.10. The van der Waals surface area contributed by atoms with Crippen molar-refractivity contribution in [3.05, 3.63) is 35.9 Å². The van der Waals surface area contributed by atoms with Crippen molar-refractivity contribution >= 4 is 0 Å². The van der Waals surface area contributed by atoms with E-state index in [0.29, 0.717) is 12.1 Å². The highest BCUT2D eigenvalue weighted by Crippen LogP contribution is 2.24. The number of benzene rings is 1. The average Bonchev–Trinajstić information content (AvgIpc) is 2.48. The molecule has 1 aromatic rings. The van der Waals surface area contributed by atoms with Gasteiger partial charge in [0.15, 0.2) is 0 Å². The van der Waals surface area contributed by atoms with Crippen molar-refractivity contribution in [1.29, 1.82) is 0 Å². The Kier molecular flexibility index (Phi) is 6.68. The monoisotopic (exact) mass is 290 g/mol. The van der Waals surface area contributed by atoms with Gasteiger partial charge in [-0.1, -0.05) is 44.2 Å². The number of ether oxygens (including phenoxy) is 1. The smallest absolute Gasteiger partial charge is 0.0593 e. The van der Waals surface area contributed by atoms with Crippen LogP contribution in [-0.2, 0) is 4.74 Å². The standard InChI is InChI=1S/C18H30N2O/c1-4-21-11-10-20-14-17(12-15(2)3)19-13-18(20)16-8-6-5-7-9-16/h5-9,15,17-19H,4,10-14H2,1-3H3. The molecule has 1 saturated heterocycles. The summed E-state index contributed by atoms with van der Waals surface area (Å²) in [5.41, 5.74) is 1.41. The third-order valence-corrected chi connectivity index (χ3v) is 4.16. The first-order valence-corrected chi connectivity index (χ1v) is 8.30. The van der Waals surface area contributed by atoms with Crippen molar-refractivity contribution < 1.29 is 4.74 Å². The quantitative estimate of drug-likeness (QED) is 0.781. The zero-order valence-electron chi connectivity index (χ0n) is 13.7. The van der Waals surface area contributed by atoms with E-state index in [1.54, 1.807) is 0 Å². The van der Waals surface area contributed by atoms with Crippen molar-refractivity contribution in [2.24, 2.45) is 5.92 Å². The minimum atomic E-state index is 0.468. The van der Waals surface area contributed by atoms with Crippen LogP contribution in [0, 0.1) is 5.92 Å². The summed E-state index contributed by atoms with van der Waals surface area (Å²) in [6, 6.07) is 11.9. The molecule has 118 valence electrons. The van der Waals surface area contributed by atoms with Crippen LogP contribution in [0.15, 0.2) is 30.3 Å². The number of hydrogen-bond acceptors (Lipinski definition) is 3. The molecule has 2 unspecified atom stereocenters. The van der Waals surface area contributed by atoms with Gasteiger partial charge >= 0.3 is 0 Å². The molecule has 1 heterocycles. The molecule has 1 aromatic carbocycles. The van der Waals surface area contributed by atoms with Gasteiger partial charge in [-0.2, -0.15) is 0 Å². The van der Waals surface area contributed by atoms with Gasteiger partial charge < -0.3 is 10.1 Å². The number of hydrogen-bond donors (Lipinski definition) is 1. The van der Waals surface area contributed by atoms with Gasteiger partial charge in [0.1, 0.15) is 0 Å². The van der Waals surface area contributed by atoms with Crippen LogP contribution in [0.1, 0.15) is 38.8 Å². The van der Waals surface area contributed by atoms with E-state index in [9.17, 15) is 0 Å². The minimum Gasteiger partial charge on any atom is -0.380 e. The van der Waals surface area contributed by atoms with Crippen molar-refractivity contribution in [3.63, 3.8) is 0 Å². The highest BCUT2D eigenvalue weighted by molar-refractivity contribution is 5.20. The molecule has 1 aliphatic rings. The van der Waals surface area contributed by atoms with E-state index in [-0.39, 0.29) is 0 Å². The van der Waals surface area contributed by atoms with Gasteiger partial charge in [0.25, 0.3) is 0 Å². The van der Waals surface area contributed by atoms with Crippen LogP contribution in [0.2, 0.25) is 0 Å². The summed E-state index contributed by atoms with van der Waals surface area (Å²) >= 11 is 0. The van der Waals surface area contributed by atoms with Crippen LogP contribution >= 0.6 is 0 Å². The van der Waals surface area contributed by atoms with E-state index in [1.165, 1.54) is 12.0 Å². The topological polar surface area (TPSA) is 24.5 Å². The molecule has 1 N–H and O–H groups in total. The molecule has 1 fully saturated rings. The molecule has 0 aromatic heterocycles. The Bertz CT molecular complexity index is 393. The van der Waals surface area contributed by atoms with Crippen LogP contribution in [-0.4, -0.2) is 43.8 Å². The summed E-state index contributed by atoms with van der Waals surface area (Å²) in [6.45, 7) is 11.5. The second-order valence-electron chi connectivity index (χ2n) is 6.35. The number of piperazine rings is 1. The first-order chi connectivity index (χ1) is 10.2. The summed E-state index contributed by atoms with van der Waals surface area (Å²) in [4.78, 5) is 2.59. The molecule has 2 rings (SSSR count). The molecular formula is C18H30N2O. The van der Waals surface area contributed by atoms with Gasteiger partial charge in [-0.15, -0.1) is 0 Å². The fraction of sp³-hybridized carbons (Fsp3) is 0.667. The molecule has 21 heavy (non-hydrogen) atoms. The zero-order chi connectivity index (χ0) is 15.1. The molecule has 0 saturated carbocycles. The summed E-state index contributed by atoms with van der Waals surface area (Å²) in [5, 5.41) is 3.74. The molecule has 0 radical (unpaired) electrons. The third-order valence-electron chi connectivity index (χ3n) is 4.16. The van der Waals surface area contributed by atoms with Crippen molar-refractivity contribution in [3.8, 4) is 0 Å². The lowest BCUT2D eigenvalue weighted by molar-refractivity contribution is 0.0668. The SMILES string of the molecule is CCOCCN1CC(CC(C)C)NCC1c1ccccc1. The predicted octanol–water partition coefficient (Wildman–Crippen LogP) is 3.08. The lowest BCUT2D eigenvalue weighted by atomic mass is 9.96. The van der Waals surface area contributed by atoms with Crippen molar-refractivity contribution in [2.45, 2.75) is 39.3 Å². The average molecular weight is 290 g/mol. The Labute approximate surface area is 129 Å². The van der Waals surface area contributed by atoms with E-state index in [0.717, 1.165) is 38.8 Å². The van der Waals surface area contributed by atoms with Crippen LogP contribution in [0.4, 0.5) is 0 Å². The number of rotatable bonds is 7. The lowest BCUT2D eigenvalue weighted by Crippen LogP contribution is -2.53. The summed E-state index contributed by atoms with van der Waals surface area (Å²) < 4.78 is 5.57. The summed E-state index contributed by atoms with van der Waals surface area (Å²) in [7, 11) is 0. The van der Waals surface area contributed by atoms with Crippen LogP contribution in [0.5, 0.6) is 0 Å². The second kappa shape index (κ2) is 8.52. The van der Waals surface area contributed by atoms with Gasteiger partial charge in [-0.25, -0.2) is 0 Å². The Morgan fingerprint density at radius 1 is 1.29 bits per heavy atom. The maximum Gasteiger partial charge on any atom is 0.0593 e. The van der Waals surface area contributed by atoms with Crippen molar-refractivity contribution in [1.82, 2.24) is 10.2 Å². The first kappa shape index (κ1) is 16.5. The number of nitrogens with zero attached hydrogens (tertiary/aromatic N) is 1. The van der Waals surface area contributed by atoms with E-state index >= 15 is 0 Å². The summed E-state index contributed by atoms with van der Waals surface area (Å²) in [5.74, 6) is 0.740. The van der Waals surface area contributed by atoms with Gasteiger partial charge in [0, 0.05) is 38.3 Å². The molecule has 2 atom stereocenters. The molecule has 0 aliphatic carbocycles. The van der Waals surface area contributed by atoms with Crippen molar-refractivity contribution in [2.75, 3.05) is 32.8 Å². The highest BCUT2D eigenvalue weighted by Gasteiger charge is 2.28. The first-order valence-electron chi connectivity index (χ1n) is 8.30. The largest absolute Gasteiger partial charge is 0.380 e. The minimum absolute atomic E-state index is 0.468. The fourth-order valence-electron chi connectivity index (χ4n) is 3.19. The zero-order valence-corrected chi connectivity index (χ0v) is 13.7. The Hall–Kier alpha value is -0.900. The maximum absolute atomic E-state index is 5.57. The van der Waals surface area contributed by atoms with E-state index in [2.05, 4.69) is 61.3 Å². The molecule has 0 spiro atoms. The Morgan fingerprint density at radius 3 is 2.71 bits per heavy atom. The lowest BCUT2D eigenvalue weighted by Gasteiger charge is -2.41. The molecule has 3 nitrogen and oxygen atoms in total. The Morgan fingerprint density at radius 2 is 2.05 bits per heavy atom. The maximum atomic E-state index is 5.57. The second-order valence-corrected chi connectivity index (χ2v) is 6.35. The molecule has 0 amide bonds. The Balaban J connectivity index is 2.01. The van der Waals surface area contributed by atoms with Crippen LogP contribution in [0.25, 0.3) is 0 Å². The van der Waals surface area contributed by atoms with Gasteiger partial charge in [0.05, 0.1) is 6.61 Å². The molecule has 0 bridgehead atoms. The predicted molar refractivity (Wildman–Crippen MR) is 88.5 cm³/mol. The summed E-state index contributed by atoms with van der Waals surface area (Å²) in [6.07, 6.45) is 1.24. The van der Waals surface area contributed by atoms with E-state index in [1.807, 2.05) is 0 Å².